The maximum Gasteiger partial charge on any atom is 0.364 e. The van der Waals surface area contributed by atoms with Gasteiger partial charge in [0.1, 0.15) is 0 Å². The van der Waals surface area contributed by atoms with Crippen LogP contribution in [-0.4, -0.2) is 27.4 Å². The van der Waals surface area contributed by atoms with Gasteiger partial charge >= 0.3 is 15.9 Å². The molecule has 0 saturated carbocycles. The highest BCUT2D eigenvalue weighted by molar-refractivity contribution is 7.85. The smallest absolute Gasteiger partial charge is 0.358 e. The van der Waals surface area contributed by atoms with Crippen LogP contribution in [0.1, 0.15) is 0 Å². The number of nitro groups is 1. The number of imidazole rings is 1. The Morgan fingerprint density at radius 2 is 2.23 bits per heavy atom. The highest BCUT2D eigenvalue weighted by Gasteiger charge is 2.28. The molecule has 0 amide bonds. The fourth-order valence-electron chi connectivity index (χ4n) is 0.791. The van der Waals surface area contributed by atoms with Crippen molar-refractivity contribution in [1.29, 1.82) is 0 Å². The first-order valence-corrected chi connectivity index (χ1v) is 4.41. The molecule has 0 bridgehead atoms. The van der Waals surface area contributed by atoms with E-state index in [0.29, 0.717) is 0 Å². The van der Waals surface area contributed by atoms with Crippen molar-refractivity contribution < 1.29 is 17.9 Å². The lowest BCUT2D eigenvalue weighted by molar-refractivity contribution is -0.394. The molecule has 0 aliphatic heterocycles. The van der Waals surface area contributed by atoms with Gasteiger partial charge < -0.3 is 10.1 Å². The van der Waals surface area contributed by atoms with Crippen LogP contribution >= 0.6 is 0 Å². The minimum Gasteiger partial charge on any atom is -0.358 e. The minimum absolute atomic E-state index is 0.762. The molecule has 0 atom stereocenters. The molecular formula is C4H5N3O5S. The summed E-state index contributed by atoms with van der Waals surface area (Å²) in [6, 6.07) is 0. The van der Waals surface area contributed by atoms with Crippen molar-refractivity contribution in [3.63, 3.8) is 0 Å². The Kier molecular flexibility index (Phi) is 2.05. The van der Waals surface area contributed by atoms with E-state index in [1.54, 1.807) is 0 Å². The van der Waals surface area contributed by atoms with Gasteiger partial charge in [-0.3, -0.25) is 4.55 Å². The average Bonchev–Trinajstić information content (AvgIpc) is 2.28. The molecule has 13 heavy (non-hydrogen) atoms. The van der Waals surface area contributed by atoms with Crippen molar-refractivity contribution in [3.8, 4) is 0 Å². The molecule has 0 radical (unpaired) electrons. The quantitative estimate of drug-likeness (QED) is 0.400. The van der Waals surface area contributed by atoms with Gasteiger partial charge in [0, 0.05) is 0 Å². The molecule has 0 aliphatic rings. The molecule has 0 fully saturated rings. The molecule has 0 saturated heterocycles. The van der Waals surface area contributed by atoms with Crippen LogP contribution in [0.3, 0.4) is 0 Å². The molecule has 72 valence electrons. The number of nitrogens with zero attached hydrogens (tertiary/aromatic N) is 3. The van der Waals surface area contributed by atoms with Crippen LogP contribution in [0.2, 0.25) is 0 Å². The van der Waals surface area contributed by atoms with Crippen molar-refractivity contribution in [2.24, 2.45) is 7.05 Å². The van der Waals surface area contributed by atoms with Crippen LogP contribution < -0.4 is 0 Å². The molecule has 1 aromatic rings. The molecule has 1 heterocycles. The van der Waals surface area contributed by atoms with Crippen LogP contribution in [0.5, 0.6) is 0 Å². The number of hydrogen-bond donors (Lipinski definition) is 1. The lowest BCUT2D eigenvalue weighted by atomic mass is 10.7. The van der Waals surface area contributed by atoms with E-state index in [2.05, 4.69) is 4.98 Å². The Labute approximate surface area is 72.7 Å². The van der Waals surface area contributed by atoms with E-state index in [4.69, 9.17) is 4.55 Å². The van der Waals surface area contributed by atoms with Gasteiger partial charge in [-0.25, -0.2) is 4.57 Å². The summed E-state index contributed by atoms with van der Waals surface area (Å²) in [7, 11) is -3.38. The third-order valence-corrected chi connectivity index (χ3v) is 2.07. The fraction of sp³-hybridized carbons (Fsp3) is 0.250. The molecule has 0 spiro atoms. The molecule has 1 rings (SSSR count). The van der Waals surface area contributed by atoms with Gasteiger partial charge in [-0.05, 0) is 4.92 Å². The lowest BCUT2D eigenvalue weighted by Gasteiger charge is -1.95. The Morgan fingerprint density at radius 3 is 2.54 bits per heavy atom. The predicted molar refractivity (Wildman–Crippen MR) is 39.7 cm³/mol. The molecule has 9 heteroatoms. The van der Waals surface area contributed by atoms with Gasteiger partial charge in [0.25, 0.3) is 5.03 Å². The summed E-state index contributed by atoms with van der Waals surface area (Å²) >= 11 is 0. The van der Waals surface area contributed by atoms with Crippen molar-refractivity contribution in [2.45, 2.75) is 5.03 Å². The van der Waals surface area contributed by atoms with E-state index in [0.717, 1.165) is 10.9 Å². The summed E-state index contributed by atoms with van der Waals surface area (Å²) in [6.45, 7) is 0. The highest BCUT2D eigenvalue weighted by Crippen LogP contribution is 2.20. The van der Waals surface area contributed by atoms with Crippen LogP contribution in [0, 0.1) is 10.1 Å². The second kappa shape index (κ2) is 2.78. The van der Waals surface area contributed by atoms with Crippen molar-refractivity contribution in [3.05, 3.63) is 16.4 Å². The second-order valence-electron chi connectivity index (χ2n) is 2.22. The van der Waals surface area contributed by atoms with Gasteiger partial charge in [-0.15, -0.1) is 0 Å². The van der Waals surface area contributed by atoms with Gasteiger partial charge in [-0.2, -0.15) is 13.4 Å². The molecule has 0 aromatic carbocycles. The van der Waals surface area contributed by atoms with Crippen molar-refractivity contribution >= 4 is 15.9 Å². The van der Waals surface area contributed by atoms with Crippen molar-refractivity contribution in [1.82, 2.24) is 9.55 Å². The van der Waals surface area contributed by atoms with Crippen molar-refractivity contribution in [2.75, 3.05) is 0 Å². The highest BCUT2D eigenvalue weighted by atomic mass is 32.2. The van der Waals surface area contributed by atoms with E-state index in [1.165, 1.54) is 7.05 Å². The number of rotatable bonds is 2. The number of aromatic nitrogens is 2. The normalized spacial score (nSPS) is 11.5. The monoisotopic (exact) mass is 207 g/mol. The zero-order valence-corrected chi connectivity index (χ0v) is 7.22. The van der Waals surface area contributed by atoms with Crippen LogP contribution in [0.15, 0.2) is 11.4 Å². The molecular weight excluding hydrogens is 202 g/mol. The molecule has 8 nitrogen and oxygen atoms in total. The zero-order chi connectivity index (χ0) is 10.2. The summed E-state index contributed by atoms with van der Waals surface area (Å²) in [4.78, 5) is 12.6. The summed E-state index contributed by atoms with van der Waals surface area (Å²) in [5, 5.41) is 9.38. The van der Waals surface area contributed by atoms with E-state index in [1.807, 2.05) is 0 Å². The van der Waals surface area contributed by atoms with E-state index < -0.39 is 25.9 Å². The summed E-state index contributed by atoms with van der Waals surface area (Å²) in [5.41, 5.74) is 0. The number of aryl methyl sites for hydroxylation is 1. The SMILES string of the molecule is Cn1cnc(S(=O)(=O)O)c1[N+](=O)[O-]. The zero-order valence-electron chi connectivity index (χ0n) is 6.41. The maximum absolute atomic E-state index is 10.5. The van der Waals surface area contributed by atoms with Crippen LogP contribution in [-0.2, 0) is 17.2 Å². The standard InChI is InChI=1S/C4H5N3O5S/c1-6-2-5-3(13(10,11)12)4(6)7(8)9/h2H,1H3,(H,10,11,12). The Bertz CT molecular complexity index is 446. The largest absolute Gasteiger partial charge is 0.364 e. The van der Waals surface area contributed by atoms with Gasteiger partial charge in [-0.1, -0.05) is 0 Å². The van der Waals surface area contributed by atoms with Gasteiger partial charge in [0.05, 0.1) is 7.05 Å². The van der Waals surface area contributed by atoms with E-state index in [-0.39, 0.29) is 0 Å². The fourth-order valence-corrected chi connectivity index (χ4v) is 1.42. The number of hydrogen-bond acceptors (Lipinski definition) is 5. The van der Waals surface area contributed by atoms with Gasteiger partial charge in [0.2, 0.25) is 0 Å². The van der Waals surface area contributed by atoms with E-state index >= 15 is 0 Å². The Morgan fingerprint density at radius 1 is 1.69 bits per heavy atom. The summed E-state index contributed by atoms with van der Waals surface area (Å²) < 4.78 is 30.5. The minimum atomic E-state index is -4.63. The first-order chi connectivity index (χ1) is 5.84. The Balaban J connectivity index is 3.49. The van der Waals surface area contributed by atoms with E-state index in [9.17, 15) is 18.5 Å². The van der Waals surface area contributed by atoms with Crippen LogP contribution in [0.4, 0.5) is 5.82 Å². The second-order valence-corrected chi connectivity index (χ2v) is 3.55. The summed E-state index contributed by atoms with van der Waals surface area (Å²) in [6.07, 6.45) is 0.932. The molecule has 0 aliphatic carbocycles. The third kappa shape index (κ3) is 1.65. The molecule has 0 unspecified atom stereocenters. The molecule has 1 N–H and O–H groups in total. The summed E-state index contributed by atoms with van der Waals surface area (Å²) in [5.74, 6) is -0.762. The Hall–Kier alpha value is -1.48. The molecule has 1 aromatic heterocycles. The van der Waals surface area contributed by atoms with Crippen LogP contribution in [0.25, 0.3) is 0 Å². The predicted octanol–water partition coefficient (Wildman–Crippen LogP) is -0.425. The lowest BCUT2D eigenvalue weighted by Crippen LogP contribution is -2.04. The first-order valence-electron chi connectivity index (χ1n) is 2.97. The third-order valence-electron chi connectivity index (χ3n) is 1.29. The maximum atomic E-state index is 10.5. The topological polar surface area (TPSA) is 115 Å². The average molecular weight is 207 g/mol. The first kappa shape index (κ1) is 9.61. The van der Waals surface area contributed by atoms with Gasteiger partial charge in [0.15, 0.2) is 6.33 Å².